The van der Waals surface area contributed by atoms with Gasteiger partial charge in [-0.3, -0.25) is 4.79 Å². The van der Waals surface area contributed by atoms with Gasteiger partial charge in [0.15, 0.2) is 11.6 Å². The van der Waals surface area contributed by atoms with Gasteiger partial charge in [-0.25, -0.2) is 8.78 Å². The van der Waals surface area contributed by atoms with Gasteiger partial charge in [0.05, 0.1) is 5.54 Å². The van der Waals surface area contributed by atoms with Crippen LogP contribution in [0.25, 0.3) is 0 Å². The van der Waals surface area contributed by atoms with Gasteiger partial charge in [0, 0.05) is 30.5 Å². The zero-order valence-electron chi connectivity index (χ0n) is 12.2. The molecule has 1 heterocycles. The van der Waals surface area contributed by atoms with Crippen LogP contribution in [-0.4, -0.2) is 30.0 Å². The Balaban J connectivity index is 1.98. The fourth-order valence-corrected chi connectivity index (χ4v) is 3.28. The molecule has 1 unspecified atom stereocenters. The zero-order valence-corrected chi connectivity index (χ0v) is 13.0. The van der Waals surface area contributed by atoms with E-state index in [0.717, 1.165) is 30.2 Å². The van der Waals surface area contributed by atoms with Crippen LogP contribution in [-0.2, 0) is 10.3 Å². The number of rotatable bonds is 4. The minimum atomic E-state index is -0.903. The molecule has 1 aromatic carbocycles. The monoisotopic (exact) mass is 314 g/mol. The number of amides is 1. The number of thioether (sulfide) groups is 1. The molecular formula is C15H20F2N2OS. The molecule has 1 amide bonds. The average molecular weight is 314 g/mol. The second kappa shape index (κ2) is 6.75. The minimum Gasteiger partial charge on any atom is -0.347 e. The number of hydrogen-bond donors (Lipinski definition) is 2. The lowest BCUT2D eigenvalue weighted by atomic mass is 9.93. The first-order valence-corrected chi connectivity index (χ1v) is 8.11. The van der Waals surface area contributed by atoms with E-state index in [1.165, 1.54) is 6.07 Å². The van der Waals surface area contributed by atoms with Crippen LogP contribution in [0.2, 0.25) is 0 Å². The molecule has 3 nitrogen and oxygen atoms in total. The van der Waals surface area contributed by atoms with Crippen LogP contribution in [0.1, 0.15) is 25.8 Å². The first-order valence-electron chi connectivity index (χ1n) is 6.96. The Kier molecular flexibility index (Phi) is 5.22. The number of benzene rings is 1. The van der Waals surface area contributed by atoms with Crippen LogP contribution < -0.4 is 10.6 Å². The van der Waals surface area contributed by atoms with Gasteiger partial charge in [-0.15, -0.1) is 0 Å². The molecule has 21 heavy (non-hydrogen) atoms. The molecule has 0 radical (unpaired) electrons. The molecule has 1 aliphatic heterocycles. The van der Waals surface area contributed by atoms with Crippen LogP contribution in [0.3, 0.4) is 0 Å². The summed E-state index contributed by atoms with van der Waals surface area (Å²) in [6.45, 7) is 4.47. The first-order chi connectivity index (χ1) is 9.88. The lowest BCUT2D eigenvalue weighted by molar-refractivity contribution is -0.123. The quantitative estimate of drug-likeness (QED) is 0.897. The molecule has 1 aliphatic rings. The molecule has 0 spiro atoms. The standard InChI is InChI=1S/C15H20F2N2OS/c1-15(2,10-3-4-12(16)13(17)7-10)19-14(20)8-11-9-21-6-5-18-11/h3-4,7,11,18H,5-6,8-9H2,1-2H3,(H,19,20). The minimum absolute atomic E-state index is 0.0928. The molecule has 6 heteroatoms. The van der Waals surface area contributed by atoms with E-state index in [9.17, 15) is 13.6 Å². The van der Waals surface area contributed by atoms with Crippen molar-refractivity contribution >= 4 is 17.7 Å². The Labute approximate surface area is 127 Å². The van der Waals surface area contributed by atoms with E-state index in [2.05, 4.69) is 10.6 Å². The molecule has 2 N–H and O–H groups in total. The van der Waals surface area contributed by atoms with Crippen molar-refractivity contribution in [2.24, 2.45) is 0 Å². The van der Waals surface area contributed by atoms with E-state index in [0.29, 0.717) is 12.0 Å². The molecule has 0 aliphatic carbocycles. The summed E-state index contributed by atoms with van der Waals surface area (Å²) in [5.41, 5.74) is -0.200. The van der Waals surface area contributed by atoms with E-state index in [-0.39, 0.29) is 11.9 Å². The average Bonchev–Trinajstić information content (AvgIpc) is 2.42. The maximum absolute atomic E-state index is 13.3. The molecular weight excluding hydrogens is 294 g/mol. The fourth-order valence-electron chi connectivity index (χ4n) is 2.33. The second-order valence-corrected chi connectivity index (χ2v) is 6.88. The van der Waals surface area contributed by atoms with E-state index < -0.39 is 17.2 Å². The normalized spacial score (nSPS) is 19.3. The Morgan fingerprint density at radius 3 is 2.81 bits per heavy atom. The molecule has 0 saturated carbocycles. The number of carbonyl (C=O) groups is 1. The predicted octanol–water partition coefficient (Wildman–Crippen LogP) is 2.41. The third-order valence-corrected chi connectivity index (χ3v) is 4.65. The van der Waals surface area contributed by atoms with Crippen LogP contribution in [0.5, 0.6) is 0 Å². The smallest absolute Gasteiger partial charge is 0.222 e. The lowest BCUT2D eigenvalue weighted by Gasteiger charge is -2.29. The molecule has 1 saturated heterocycles. The maximum atomic E-state index is 13.3. The lowest BCUT2D eigenvalue weighted by Crippen LogP contribution is -2.46. The number of carbonyl (C=O) groups excluding carboxylic acids is 1. The molecule has 116 valence electrons. The highest BCUT2D eigenvalue weighted by Gasteiger charge is 2.26. The van der Waals surface area contributed by atoms with Crippen molar-refractivity contribution in [3.63, 3.8) is 0 Å². The third kappa shape index (κ3) is 4.41. The summed E-state index contributed by atoms with van der Waals surface area (Å²) in [6, 6.07) is 3.87. The topological polar surface area (TPSA) is 41.1 Å². The van der Waals surface area contributed by atoms with Crippen molar-refractivity contribution in [2.75, 3.05) is 18.1 Å². The summed E-state index contributed by atoms with van der Waals surface area (Å²) in [4.78, 5) is 12.1. The van der Waals surface area contributed by atoms with Crippen molar-refractivity contribution in [3.8, 4) is 0 Å². The van der Waals surface area contributed by atoms with Crippen molar-refractivity contribution in [3.05, 3.63) is 35.4 Å². The Hall–Kier alpha value is -1.14. The van der Waals surface area contributed by atoms with Crippen molar-refractivity contribution < 1.29 is 13.6 Å². The molecule has 0 bridgehead atoms. The van der Waals surface area contributed by atoms with Gasteiger partial charge in [0.25, 0.3) is 0 Å². The molecule has 1 aromatic rings. The van der Waals surface area contributed by atoms with Gasteiger partial charge >= 0.3 is 0 Å². The zero-order chi connectivity index (χ0) is 15.5. The highest BCUT2D eigenvalue weighted by Crippen LogP contribution is 2.22. The van der Waals surface area contributed by atoms with Gasteiger partial charge in [0.1, 0.15) is 0 Å². The molecule has 1 fully saturated rings. The molecule has 1 atom stereocenters. The summed E-state index contributed by atoms with van der Waals surface area (Å²) < 4.78 is 26.3. The summed E-state index contributed by atoms with van der Waals surface area (Å²) in [5.74, 6) is 0.103. The van der Waals surface area contributed by atoms with E-state index in [4.69, 9.17) is 0 Å². The van der Waals surface area contributed by atoms with Gasteiger partial charge in [0.2, 0.25) is 5.91 Å². The van der Waals surface area contributed by atoms with E-state index in [1.54, 1.807) is 13.8 Å². The summed E-state index contributed by atoms with van der Waals surface area (Å²) in [7, 11) is 0. The van der Waals surface area contributed by atoms with Crippen molar-refractivity contribution in [1.29, 1.82) is 0 Å². The van der Waals surface area contributed by atoms with Gasteiger partial charge in [-0.2, -0.15) is 11.8 Å². The van der Waals surface area contributed by atoms with Crippen LogP contribution >= 0.6 is 11.8 Å². The number of halogens is 2. The summed E-state index contributed by atoms with van der Waals surface area (Å²) in [5, 5.41) is 6.19. The van der Waals surface area contributed by atoms with Gasteiger partial charge in [-0.1, -0.05) is 6.07 Å². The number of hydrogen-bond acceptors (Lipinski definition) is 3. The summed E-state index contributed by atoms with van der Waals surface area (Å²) >= 11 is 1.83. The highest BCUT2D eigenvalue weighted by molar-refractivity contribution is 7.99. The van der Waals surface area contributed by atoms with Crippen molar-refractivity contribution in [2.45, 2.75) is 31.8 Å². The number of nitrogens with one attached hydrogen (secondary N) is 2. The van der Waals surface area contributed by atoms with Gasteiger partial charge < -0.3 is 10.6 Å². The Morgan fingerprint density at radius 2 is 2.19 bits per heavy atom. The highest BCUT2D eigenvalue weighted by atomic mass is 32.2. The van der Waals surface area contributed by atoms with Crippen LogP contribution in [0.4, 0.5) is 8.78 Å². The Bertz CT molecular complexity index is 516. The second-order valence-electron chi connectivity index (χ2n) is 5.73. The fraction of sp³-hybridized carbons (Fsp3) is 0.533. The summed E-state index contributed by atoms with van der Waals surface area (Å²) in [6.07, 6.45) is 0.389. The van der Waals surface area contributed by atoms with E-state index in [1.807, 2.05) is 11.8 Å². The Morgan fingerprint density at radius 1 is 1.43 bits per heavy atom. The van der Waals surface area contributed by atoms with E-state index >= 15 is 0 Å². The van der Waals surface area contributed by atoms with Crippen LogP contribution in [0, 0.1) is 11.6 Å². The largest absolute Gasteiger partial charge is 0.347 e. The van der Waals surface area contributed by atoms with Gasteiger partial charge in [-0.05, 0) is 31.5 Å². The van der Waals surface area contributed by atoms with Crippen molar-refractivity contribution in [1.82, 2.24) is 10.6 Å². The molecule has 0 aromatic heterocycles. The first kappa shape index (κ1) is 16.2. The van der Waals surface area contributed by atoms with Crippen LogP contribution in [0.15, 0.2) is 18.2 Å². The third-order valence-electron chi connectivity index (χ3n) is 3.52. The maximum Gasteiger partial charge on any atom is 0.222 e. The molecule has 2 rings (SSSR count). The predicted molar refractivity (Wildman–Crippen MR) is 81.3 cm³/mol. The SMILES string of the molecule is CC(C)(NC(=O)CC1CSCCN1)c1ccc(F)c(F)c1.